The summed E-state index contributed by atoms with van der Waals surface area (Å²) in [7, 11) is 3.08. The van der Waals surface area contributed by atoms with E-state index in [1.807, 2.05) is 24.3 Å². The predicted octanol–water partition coefficient (Wildman–Crippen LogP) is 3.77. The van der Waals surface area contributed by atoms with Crippen molar-refractivity contribution in [2.75, 3.05) is 14.2 Å². The number of ether oxygens (including phenoxy) is 2. The van der Waals surface area contributed by atoms with Crippen LogP contribution in [0.15, 0.2) is 51.7 Å². The topological polar surface area (TPSA) is 65.7 Å². The van der Waals surface area contributed by atoms with Gasteiger partial charge in [0, 0.05) is 0 Å². The Kier molecular flexibility index (Phi) is 4.48. The van der Waals surface area contributed by atoms with E-state index < -0.39 is 4.94 Å². The maximum Gasteiger partial charge on any atom is 0.396 e. The molecule has 0 unspecified atom stereocenters. The van der Waals surface area contributed by atoms with Gasteiger partial charge in [0.25, 0.3) is 0 Å². The van der Waals surface area contributed by atoms with Gasteiger partial charge in [-0.2, -0.15) is 0 Å². The number of allylic oxidation sites excluding steroid dienone is 1. The van der Waals surface area contributed by atoms with Gasteiger partial charge in [0.15, 0.2) is 11.4 Å². The first-order valence-electron chi connectivity index (χ1n) is 7.09. The molecule has 0 amide bonds. The average Bonchev–Trinajstić information content (AvgIpc) is 2.99. The average molecular weight is 342 g/mol. The summed E-state index contributed by atoms with van der Waals surface area (Å²) >= 11 is 0.890. The largest absolute Gasteiger partial charge is 0.497 e. The highest BCUT2D eigenvalue weighted by Crippen LogP contribution is 2.30. The summed E-state index contributed by atoms with van der Waals surface area (Å²) in [6.45, 7) is 0. The van der Waals surface area contributed by atoms with Crippen molar-refractivity contribution in [2.45, 2.75) is 0 Å². The molecule has 1 aromatic heterocycles. The zero-order chi connectivity index (χ0) is 17.1. The molecule has 0 saturated heterocycles. The molecule has 0 aliphatic rings. The molecule has 0 radical (unpaired) electrons. The Labute approximate surface area is 141 Å². The van der Waals surface area contributed by atoms with Crippen molar-refractivity contribution in [3.8, 4) is 11.5 Å². The third-order valence-electron chi connectivity index (χ3n) is 3.47. The maximum absolute atomic E-state index is 12.6. The quantitative estimate of drug-likeness (QED) is 0.522. The number of hydrogen-bond acceptors (Lipinski definition) is 6. The molecule has 0 atom stereocenters. The second-order valence-corrected chi connectivity index (χ2v) is 5.84. The van der Waals surface area contributed by atoms with Crippen LogP contribution in [0, 0.1) is 0 Å². The van der Waals surface area contributed by atoms with E-state index in [9.17, 15) is 9.59 Å². The van der Waals surface area contributed by atoms with E-state index in [1.54, 1.807) is 25.3 Å². The number of fused-ring (bicyclic) bond motifs is 1. The molecule has 3 rings (SSSR count). The fraction of sp³-hybridized carbons (Fsp3) is 0.111. The summed E-state index contributed by atoms with van der Waals surface area (Å²) in [4.78, 5) is 23.6. The predicted molar refractivity (Wildman–Crippen MR) is 93.3 cm³/mol. The highest BCUT2D eigenvalue weighted by atomic mass is 32.1. The van der Waals surface area contributed by atoms with E-state index in [0.29, 0.717) is 21.6 Å². The Morgan fingerprint density at radius 1 is 1.08 bits per heavy atom. The number of methoxy groups -OCH3 is 2. The van der Waals surface area contributed by atoms with Gasteiger partial charge >= 0.3 is 4.94 Å². The minimum Gasteiger partial charge on any atom is -0.497 e. The molecule has 0 fully saturated rings. The first-order valence-corrected chi connectivity index (χ1v) is 7.91. The van der Waals surface area contributed by atoms with Crippen LogP contribution in [0.5, 0.6) is 11.5 Å². The van der Waals surface area contributed by atoms with Gasteiger partial charge in [-0.15, -0.1) is 0 Å². The lowest BCUT2D eigenvalue weighted by Crippen LogP contribution is -1.99. The van der Waals surface area contributed by atoms with E-state index in [-0.39, 0.29) is 5.78 Å². The standard InChI is InChI=1S/C18H14O5S/c1-21-12-6-3-11(4-7-12)5-8-13(19)16-14(22-2)9-10-15-17(16)24-18(20)23-15/h3-10H,1-2H3/b8-5+. The summed E-state index contributed by atoms with van der Waals surface area (Å²) in [5.41, 5.74) is 1.57. The lowest BCUT2D eigenvalue weighted by molar-refractivity contribution is 0.104. The van der Waals surface area contributed by atoms with Crippen LogP contribution in [-0.4, -0.2) is 20.0 Å². The second-order valence-electron chi connectivity index (χ2n) is 4.89. The lowest BCUT2D eigenvalue weighted by atomic mass is 10.1. The van der Waals surface area contributed by atoms with Gasteiger partial charge in [-0.3, -0.25) is 4.79 Å². The van der Waals surface area contributed by atoms with Crippen molar-refractivity contribution in [3.05, 3.63) is 63.3 Å². The Balaban J connectivity index is 1.98. The summed E-state index contributed by atoms with van der Waals surface area (Å²) in [5, 5.41) is 0. The molecular formula is C18H14O5S. The number of carbonyl (C=O) groups excluding carboxylic acids is 1. The maximum atomic E-state index is 12.6. The van der Waals surface area contributed by atoms with Crippen molar-refractivity contribution in [1.29, 1.82) is 0 Å². The van der Waals surface area contributed by atoms with E-state index >= 15 is 0 Å². The molecule has 0 N–H and O–H groups in total. The van der Waals surface area contributed by atoms with Crippen LogP contribution in [0.4, 0.5) is 0 Å². The summed E-state index contributed by atoms with van der Waals surface area (Å²) in [6.07, 6.45) is 3.15. The molecule has 122 valence electrons. The first-order chi connectivity index (χ1) is 11.6. The molecule has 1 heterocycles. The van der Waals surface area contributed by atoms with E-state index in [0.717, 1.165) is 22.6 Å². The van der Waals surface area contributed by atoms with Gasteiger partial charge in [-0.1, -0.05) is 29.5 Å². The molecule has 24 heavy (non-hydrogen) atoms. The molecule has 0 aliphatic carbocycles. The third kappa shape index (κ3) is 3.09. The number of carbonyl (C=O) groups is 1. The lowest BCUT2D eigenvalue weighted by Gasteiger charge is -2.05. The Hall–Kier alpha value is -2.86. The van der Waals surface area contributed by atoms with Gasteiger partial charge in [0.1, 0.15) is 11.5 Å². The van der Waals surface area contributed by atoms with Gasteiger partial charge < -0.3 is 13.9 Å². The van der Waals surface area contributed by atoms with E-state index in [4.69, 9.17) is 13.9 Å². The molecule has 0 bridgehead atoms. The normalized spacial score (nSPS) is 11.1. The molecule has 0 spiro atoms. The number of ketones is 1. The molecule has 0 saturated carbocycles. The number of hydrogen-bond donors (Lipinski definition) is 0. The second kappa shape index (κ2) is 6.72. The first kappa shape index (κ1) is 16.0. The molecule has 3 aromatic rings. The smallest absolute Gasteiger partial charge is 0.396 e. The SMILES string of the molecule is COc1ccc(/C=C/C(=O)c2c(OC)ccc3oc(=O)sc23)cc1. The molecule has 0 aliphatic heterocycles. The molecule has 2 aromatic carbocycles. The van der Waals surface area contributed by atoms with E-state index in [2.05, 4.69) is 0 Å². The minimum atomic E-state index is -0.452. The fourth-order valence-electron chi connectivity index (χ4n) is 2.29. The molecule has 6 heteroatoms. The van der Waals surface area contributed by atoms with Crippen molar-refractivity contribution in [3.63, 3.8) is 0 Å². The van der Waals surface area contributed by atoms with Crippen LogP contribution in [-0.2, 0) is 0 Å². The zero-order valence-corrected chi connectivity index (χ0v) is 13.9. The summed E-state index contributed by atoms with van der Waals surface area (Å²) in [6, 6.07) is 10.6. The van der Waals surface area contributed by atoms with Gasteiger partial charge in [-0.05, 0) is 35.9 Å². The van der Waals surface area contributed by atoms with E-state index in [1.165, 1.54) is 13.2 Å². The van der Waals surface area contributed by atoms with Crippen molar-refractivity contribution < 1.29 is 18.7 Å². The van der Waals surface area contributed by atoms with Crippen LogP contribution in [0.1, 0.15) is 15.9 Å². The van der Waals surface area contributed by atoms with Gasteiger partial charge in [-0.25, -0.2) is 4.79 Å². The van der Waals surface area contributed by atoms with Gasteiger partial charge in [0.2, 0.25) is 0 Å². The number of rotatable bonds is 5. The molecule has 5 nitrogen and oxygen atoms in total. The minimum absolute atomic E-state index is 0.259. The third-order valence-corrected chi connectivity index (χ3v) is 4.33. The Morgan fingerprint density at radius 2 is 1.83 bits per heavy atom. The Bertz CT molecular complexity index is 963. The highest BCUT2D eigenvalue weighted by molar-refractivity contribution is 7.16. The highest BCUT2D eigenvalue weighted by Gasteiger charge is 2.18. The monoisotopic (exact) mass is 342 g/mol. The van der Waals surface area contributed by atoms with Crippen molar-refractivity contribution in [2.24, 2.45) is 0 Å². The molecular weight excluding hydrogens is 328 g/mol. The summed E-state index contributed by atoms with van der Waals surface area (Å²) in [5.74, 6) is 0.891. The van der Waals surface area contributed by atoms with Crippen LogP contribution >= 0.6 is 11.3 Å². The number of benzene rings is 2. The summed E-state index contributed by atoms with van der Waals surface area (Å²) < 4.78 is 15.9. The van der Waals surface area contributed by atoms with Crippen molar-refractivity contribution >= 4 is 33.5 Å². The van der Waals surface area contributed by atoms with Gasteiger partial charge in [0.05, 0.1) is 24.5 Å². The van der Waals surface area contributed by atoms with Crippen LogP contribution in [0.3, 0.4) is 0 Å². The van der Waals surface area contributed by atoms with Crippen molar-refractivity contribution in [1.82, 2.24) is 0 Å². The zero-order valence-electron chi connectivity index (χ0n) is 13.1. The Morgan fingerprint density at radius 3 is 2.50 bits per heavy atom. The van der Waals surface area contributed by atoms with Crippen LogP contribution in [0.2, 0.25) is 0 Å². The fourth-order valence-corrected chi connectivity index (χ4v) is 3.11. The van der Waals surface area contributed by atoms with Crippen LogP contribution in [0.25, 0.3) is 16.4 Å². The van der Waals surface area contributed by atoms with Crippen LogP contribution < -0.4 is 14.4 Å².